The summed E-state index contributed by atoms with van der Waals surface area (Å²) in [6, 6.07) is 7.57. The minimum absolute atomic E-state index is 0.384. The standard InChI is InChI=1S/C14H16N4O2S2/c1-3-21-9-12-15-16-14-18(12)17-13(22-14)8-20-11-7-5-4-6-10(11)19-2/h4-7H,3,8-9H2,1-2H3. The van der Waals surface area contributed by atoms with Gasteiger partial charge in [-0.25, -0.2) is 0 Å². The summed E-state index contributed by atoms with van der Waals surface area (Å²) >= 11 is 3.29. The Bertz CT molecular complexity index is 756. The highest BCUT2D eigenvalue weighted by Gasteiger charge is 2.12. The van der Waals surface area contributed by atoms with E-state index < -0.39 is 0 Å². The Morgan fingerprint density at radius 3 is 2.82 bits per heavy atom. The molecule has 1 aromatic carbocycles. The summed E-state index contributed by atoms with van der Waals surface area (Å²) in [6.07, 6.45) is 0. The first-order valence-corrected chi connectivity index (χ1v) is 8.82. The van der Waals surface area contributed by atoms with Gasteiger partial charge in [-0.2, -0.15) is 21.4 Å². The second-order valence-corrected chi connectivity index (χ2v) is 6.70. The first-order chi connectivity index (χ1) is 10.8. The van der Waals surface area contributed by atoms with Crippen LogP contribution in [0.25, 0.3) is 4.96 Å². The lowest BCUT2D eigenvalue weighted by molar-refractivity contribution is 0.283. The molecule has 0 spiro atoms. The molecule has 0 aliphatic heterocycles. The fraction of sp³-hybridized carbons (Fsp3) is 0.357. The Morgan fingerprint density at radius 2 is 2.05 bits per heavy atom. The number of hydrogen-bond acceptors (Lipinski definition) is 7. The van der Waals surface area contributed by atoms with Crippen molar-refractivity contribution in [2.75, 3.05) is 12.9 Å². The summed E-state index contributed by atoms with van der Waals surface area (Å²) in [6.45, 7) is 2.51. The zero-order valence-electron chi connectivity index (χ0n) is 12.4. The van der Waals surface area contributed by atoms with Crippen molar-refractivity contribution >= 4 is 28.1 Å². The van der Waals surface area contributed by atoms with Gasteiger partial charge in [-0.05, 0) is 17.9 Å². The first kappa shape index (κ1) is 15.1. The first-order valence-electron chi connectivity index (χ1n) is 6.85. The number of ether oxygens (including phenoxy) is 2. The maximum absolute atomic E-state index is 5.79. The molecule has 0 fully saturated rings. The van der Waals surface area contributed by atoms with Crippen molar-refractivity contribution in [1.82, 2.24) is 19.8 Å². The van der Waals surface area contributed by atoms with Crippen molar-refractivity contribution in [3.63, 3.8) is 0 Å². The topological polar surface area (TPSA) is 61.5 Å². The van der Waals surface area contributed by atoms with Crippen molar-refractivity contribution < 1.29 is 9.47 Å². The van der Waals surface area contributed by atoms with Crippen LogP contribution in [0.3, 0.4) is 0 Å². The van der Waals surface area contributed by atoms with Gasteiger partial charge in [0.1, 0.15) is 6.61 Å². The molecule has 2 aromatic heterocycles. The molecule has 0 amide bonds. The molecule has 0 saturated heterocycles. The number of rotatable bonds is 7. The molecule has 3 rings (SSSR count). The highest BCUT2D eigenvalue weighted by molar-refractivity contribution is 7.98. The van der Waals surface area contributed by atoms with Crippen LogP contribution in [0.4, 0.5) is 0 Å². The largest absolute Gasteiger partial charge is 0.493 e. The number of methoxy groups -OCH3 is 1. The van der Waals surface area contributed by atoms with Gasteiger partial charge in [0, 0.05) is 0 Å². The summed E-state index contributed by atoms with van der Waals surface area (Å²) < 4.78 is 12.9. The number of fused-ring (bicyclic) bond motifs is 1. The van der Waals surface area contributed by atoms with E-state index in [0.29, 0.717) is 18.1 Å². The van der Waals surface area contributed by atoms with Crippen LogP contribution in [0.5, 0.6) is 11.5 Å². The van der Waals surface area contributed by atoms with Gasteiger partial charge >= 0.3 is 0 Å². The van der Waals surface area contributed by atoms with Crippen molar-refractivity contribution in [3.05, 3.63) is 35.1 Å². The van der Waals surface area contributed by atoms with E-state index >= 15 is 0 Å². The van der Waals surface area contributed by atoms with E-state index in [-0.39, 0.29) is 0 Å². The molecule has 0 aliphatic rings. The van der Waals surface area contributed by atoms with Gasteiger partial charge in [0.15, 0.2) is 22.3 Å². The zero-order valence-corrected chi connectivity index (χ0v) is 14.0. The highest BCUT2D eigenvalue weighted by atomic mass is 32.2. The summed E-state index contributed by atoms with van der Waals surface area (Å²) in [5, 5.41) is 13.7. The van der Waals surface area contributed by atoms with Crippen molar-refractivity contribution in [3.8, 4) is 11.5 Å². The lowest BCUT2D eigenvalue weighted by Crippen LogP contribution is -2.00. The van der Waals surface area contributed by atoms with Gasteiger partial charge in [0.2, 0.25) is 4.96 Å². The van der Waals surface area contributed by atoms with Gasteiger partial charge in [-0.1, -0.05) is 30.4 Å². The minimum Gasteiger partial charge on any atom is -0.493 e. The molecule has 0 aliphatic carbocycles. The number of nitrogens with zero attached hydrogens (tertiary/aromatic N) is 4. The normalized spacial score (nSPS) is 11.0. The smallest absolute Gasteiger partial charge is 0.234 e. The SMILES string of the molecule is CCSCc1nnc2sc(COc3ccccc3OC)nn12. The molecule has 0 saturated carbocycles. The van der Waals surface area contributed by atoms with Gasteiger partial charge in [0.05, 0.1) is 12.9 Å². The van der Waals surface area contributed by atoms with Crippen LogP contribution in [0, 0.1) is 0 Å². The van der Waals surface area contributed by atoms with Crippen LogP contribution in [0.15, 0.2) is 24.3 Å². The van der Waals surface area contributed by atoms with E-state index in [1.165, 1.54) is 11.3 Å². The molecular weight excluding hydrogens is 320 g/mol. The maximum Gasteiger partial charge on any atom is 0.234 e. The number of aromatic nitrogens is 4. The fourth-order valence-electron chi connectivity index (χ4n) is 1.92. The van der Waals surface area contributed by atoms with Crippen LogP contribution in [-0.4, -0.2) is 32.7 Å². The molecule has 116 valence electrons. The summed E-state index contributed by atoms with van der Waals surface area (Å²) in [4.78, 5) is 0.797. The van der Waals surface area contributed by atoms with E-state index in [1.54, 1.807) is 23.4 Å². The molecule has 6 nitrogen and oxygen atoms in total. The van der Waals surface area contributed by atoms with Crippen LogP contribution >= 0.6 is 23.1 Å². The molecule has 0 atom stereocenters. The van der Waals surface area contributed by atoms with Gasteiger partial charge in [-0.3, -0.25) is 0 Å². The molecule has 3 aromatic rings. The van der Waals surface area contributed by atoms with Crippen LogP contribution in [0.2, 0.25) is 0 Å². The Kier molecular flexibility index (Phi) is 4.79. The summed E-state index contributed by atoms with van der Waals surface area (Å²) in [7, 11) is 1.63. The molecular formula is C14H16N4O2S2. The average Bonchev–Trinajstić information content (AvgIpc) is 3.11. The number of benzene rings is 1. The number of thioether (sulfide) groups is 1. The average molecular weight is 336 g/mol. The summed E-state index contributed by atoms with van der Waals surface area (Å²) in [5.74, 6) is 4.15. The van der Waals surface area contributed by atoms with E-state index in [2.05, 4.69) is 22.2 Å². The molecule has 22 heavy (non-hydrogen) atoms. The molecule has 0 N–H and O–H groups in total. The van der Waals surface area contributed by atoms with Gasteiger partial charge in [-0.15, -0.1) is 10.2 Å². The quantitative estimate of drug-likeness (QED) is 0.661. The predicted molar refractivity (Wildman–Crippen MR) is 87.8 cm³/mol. The van der Waals surface area contributed by atoms with Gasteiger partial charge in [0.25, 0.3) is 0 Å². The molecule has 2 heterocycles. The lowest BCUT2D eigenvalue weighted by Gasteiger charge is -2.08. The maximum atomic E-state index is 5.79. The van der Waals surface area contributed by atoms with E-state index in [0.717, 1.165) is 27.3 Å². The Balaban J connectivity index is 1.73. The van der Waals surface area contributed by atoms with Gasteiger partial charge < -0.3 is 9.47 Å². The molecule has 0 bridgehead atoms. The molecule has 8 heteroatoms. The monoisotopic (exact) mass is 336 g/mol. The van der Waals surface area contributed by atoms with Crippen LogP contribution < -0.4 is 9.47 Å². The third kappa shape index (κ3) is 3.17. The second kappa shape index (κ2) is 6.97. The fourth-order valence-corrected chi connectivity index (χ4v) is 3.25. The third-order valence-corrected chi connectivity index (χ3v) is 4.70. The number of para-hydroxylation sites is 2. The lowest BCUT2D eigenvalue weighted by atomic mass is 10.3. The van der Waals surface area contributed by atoms with Crippen molar-refractivity contribution in [1.29, 1.82) is 0 Å². The van der Waals surface area contributed by atoms with E-state index in [1.807, 2.05) is 24.3 Å². The van der Waals surface area contributed by atoms with Crippen molar-refractivity contribution in [2.24, 2.45) is 0 Å². The Hall–Kier alpha value is -1.80. The summed E-state index contributed by atoms with van der Waals surface area (Å²) in [5.41, 5.74) is 0. The van der Waals surface area contributed by atoms with Crippen molar-refractivity contribution in [2.45, 2.75) is 19.3 Å². The van der Waals surface area contributed by atoms with E-state index in [4.69, 9.17) is 9.47 Å². The Labute approximate surface area is 136 Å². The molecule has 0 radical (unpaired) electrons. The third-order valence-electron chi connectivity index (χ3n) is 2.95. The number of hydrogen-bond donors (Lipinski definition) is 0. The molecule has 0 unspecified atom stereocenters. The van der Waals surface area contributed by atoms with Crippen LogP contribution in [-0.2, 0) is 12.4 Å². The predicted octanol–water partition coefficient (Wildman–Crippen LogP) is 3.03. The van der Waals surface area contributed by atoms with Crippen LogP contribution in [0.1, 0.15) is 17.8 Å². The highest BCUT2D eigenvalue weighted by Crippen LogP contribution is 2.27. The van der Waals surface area contributed by atoms with E-state index in [9.17, 15) is 0 Å². The zero-order chi connectivity index (χ0) is 15.4. The second-order valence-electron chi connectivity index (χ2n) is 4.38. The Morgan fingerprint density at radius 1 is 1.23 bits per heavy atom. The minimum atomic E-state index is 0.384.